The van der Waals surface area contributed by atoms with E-state index in [1.165, 1.54) is 0 Å². The molecule has 2 aromatic heterocycles. The summed E-state index contributed by atoms with van der Waals surface area (Å²) in [5.41, 5.74) is 3.37. The van der Waals surface area contributed by atoms with E-state index in [-0.39, 0.29) is 0 Å². The Balaban J connectivity index is 2.02. The Morgan fingerprint density at radius 2 is 1.91 bits per heavy atom. The number of fused-ring (bicyclic) bond motifs is 4. The van der Waals surface area contributed by atoms with Crippen LogP contribution in [0, 0.1) is 0 Å². The molecule has 0 saturated carbocycles. The van der Waals surface area contributed by atoms with E-state index < -0.39 is 11.2 Å². The third kappa shape index (κ3) is 1.84. The van der Waals surface area contributed by atoms with Gasteiger partial charge in [-0.1, -0.05) is 0 Å². The molecule has 1 aromatic carbocycles. The summed E-state index contributed by atoms with van der Waals surface area (Å²) >= 11 is 0. The number of H-pyrrole nitrogens is 2. The van der Waals surface area contributed by atoms with Crippen LogP contribution in [0.15, 0.2) is 33.9 Å². The first-order valence-corrected chi connectivity index (χ1v) is 6.99. The van der Waals surface area contributed by atoms with Gasteiger partial charge in [0.25, 0.3) is 5.56 Å². The molecule has 0 aliphatic heterocycles. The van der Waals surface area contributed by atoms with Gasteiger partial charge in [0.2, 0.25) is 0 Å². The predicted molar refractivity (Wildman–Crippen MR) is 82.4 cm³/mol. The summed E-state index contributed by atoms with van der Waals surface area (Å²) in [7, 11) is 1.64. The van der Waals surface area contributed by atoms with Gasteiger partial charge in [-0.2, -0.15) is 0 Å². The predicted octanol–water partition coefficient (Wildman–Crippen LogP) is 1.39. The summed E-state index contributed by atoms with van der Waals surface area (Å²) in [5.74, 6) is 0.813. The normalized spacial score (nSPS) is 12.8. The Morgan fingerprint density at radius 3 is 2.73 bits per heavy atom. The molecule has 3 aromatic rings. The van der Waals surface area contributed by atoms with Crippen molar-refractivity contribution in [3.8, 4) is 17.0 Å². The fourth-order valence-corrected chi connectivity index (χ4v) is 2.96. The van der Waals surface area contributed by atoms with E-state index >= 15 is 0 Å². The second kappa shape index (κ2) is 4.56. The molecule has 0 spiro atoms. The van der Waals surface area contributed by atoms with E-state index in [0.717, 1.165) is 41.0 Å². The van der Waals surface area contributed by atoms with Gasteiger partial charge in [0.15, 0.2) is 0 Å². The molecule has 1 aliphatic rings. The van der Waals surface area contributed by atoms with Gasteiger partial charge in [-0.15, -0.1) is 0 Å². The lowest BCUT2D eigenvalue weighted by Crippen LogP contribution is -2.23. The maximum Gasteiger partial charge on any atom is 0.327 e. The molecule has 1 aliphatic carbocycles. The third-order valence-corrected chi connectivity index (χ3v) is 4.04. The van der Waals surface area contributed by atoms with E-state index in [4.69, 9.17) is 4.74 Å². The number of nitrogens with zero attached hydrogens (tertiary/aromatic N) is 1. The Morgan fingerprint density at radius 1 is 1.09 bits per heavy atom. The Bertz CT molecular complexity index is 1020. The monoisotopic (exact) mass is 295 g/mol. The first-order chi connectivity index (χ1) is 10.7. The molecule has 110 valence electrons. The second-order valence-electron chi connectivity index (χ2n) is 5.32. The van der Waals surface area contributed by atoms with Crippen LogP contribution in [0.3, 0.4) is 0 Å². The molecular weight excluding hydrogens is 282 g/mol. The van der Waals surface area contributed by atoms with Gasteiger partial charge in [-0.3, -0.25) is 14.8 Å². The summed E-state index contributed by atoms with van der Waals surface area (Å²) in [6.45, 7) is 0. The third-order valence-electron chi connectivity index (χ3n) is 4.04. The molecule has 0 bridgehead atoms. The molecule has 2 heterocycles. The van der Waals surface area contributed by atoms with Gasteiger partial charge < -0.3 is 4.74 Å². The number of aromatic amines is 2. The van der Waals surface area contributed by atoms with Crippen LogP contribution in [-0.2, 0) is 12.8 Å². The highest BCUT2D eigenvalue weighted by atomic mass is 16.5. The van der Waals surface area contributed by atoms with Crippen LogP contribution in [0.2, 0.25) is 0 Å². The number of aryl methyl sites for hydroxylation is 2. The molecule has 4 rings (SSSR count). The zero-order valence-electron chi connectivity index (χ0n) is 11.9. The van der Waals surface area contributed by atoms with Gasteiger partial charge >= 0.3 is 5.69 Å². The SMILES string of the molecule is COc1ccc2c(c1)CCc1cc3c(=O)[nH]c(=O)[nH]c3nc1-2. The summed E-state index contributed by atoms with van der Waals surface area (Å²) in [6.07, 6.45) is 1.67. The van der Waals surface area contributed by atoms with E-state index in [0.29, 0.717) is 11.0 Å². The number of nitrogens with one attached hydrogen (secondary N) is 2. The molecule has 0 amide bonds. The fraction of sp³-hybridized carbons (Fsp3) is 0.188. The highest BCUT2D eigenvalue weighted by Gasteiger charge is 2.19. The van der Waals surface area contributed by atoms with E-state index in [1.54, 1.807) is 7.11 Å². The van der Waals surface area contributed by atoms with Crippen LogP contribution in [0.5, 0.6) is 5.75 Å². The Hall–Kier alpha value is -2.89. The van der Waals surface area contributed by atoms with Gasteiger partial charge in [0.1, 0.15) is 11.4 Å². The van der Waals surface area contributed by atoms with Gasteiger partial charge in [0.05, 0.1) is 18.2 Å². The van der Waals surface area contributed by atoms with Gasteiger partial charge in [0, 0.05) is 5.56 Å². The van der Waals surface area contributed by atoms with E-state index in [1.807, 2.05) is 24.3 Å². The number of aromatic nitrogens is 3. The average molecular weight is 295 g/mol. The number of benzene rings is 1. The molecule has 6 nitrogen and oxygen atoms in total. The number of pyridine rings is 1. The van der Waals surface area contributed by atoms with Crippen molar-refractivity contribution in [2.75, 3.05) is 7.11 Å². The first-order valence-electron chi connectivity index (χ1n) is 6.99. The number of hydrogen-bond donors (Lipinski definition) is 2. The maximum atomic E-state index is 11.9. The number of ether oxygens (including phenoxy) is 1. The first kappa shape index (κ1) is 12.8. The van der Waals surface area contributed by atoms with Crippen LogP contribution in [0.1, 0.15) is 11.1 Å². The lowest BCUT2D eigenvalue weighted by molar-refractivity contribution is 0.414. The van der Waals surface area contributed by atoms with Crippen LogP contribution in [0.4, 0.5) is 0 Å². The zero-order chi connectivity index (χ0) is 15.3. The number of hydrogen-bond acceptors (Lipinski definition) is 4. The Kier molecular flexibility index (Phi) is 2.66. The van der Waals surface area contributed by atoms with Crippen molar-refractivity contribution in [3.05, 3.63) is 56.2 Å². The van der Waals surface area contributed by atoms with E-state index in [2.05, 4.69) is 15.0 Å². The molecule has 0 fully saturated rings. The van der Waals surface area contributed by atoms with Gasteiger partial charge in [-0.25, -0.2) is 9.78 Å². The molecule has 2 N–H and O–H groups in total. The van der Waals surface area contributed by atoms with Crippen molar-refractivity contribution in [1.82, 2.24) is 15.0 Å². The van der Waals surface area contributed by atoms with Gasteiger partial charge in [-0.05, 0) is 48.2 Å². The molecule has 0 unspecified atom stereocenters. The molecule has 22 heavy (non-hydrogen) atoms. The van der Waals surface area contributed by atoms with Crippen LogP contribution >= 0.6 is 0 Å². The van der Waals surface area contributed by atoms with Crippen molar-refractivity contribution >= 4 is 11.0 Å². The topological polar surface area (TPSA) is 87.8 Å². The summed E-state index contributed by atoms with van der Waals surface area (Å²) in [6, 6.07) is 7.68. The summed E-state index contributed by atoms with van der Waals surface area (Å²) in [5, 5.41) is 0.412. The van der Waals surface area contributed by atoms with Crippen molar-refractivity contribution in [2.45, 2.75) is 12.8 Å². The zero-order valence-corrected chi connectivity index (χ0v) is 11.9. The molecule has 6 heteroatoms. The van der Waals surface area contributed by atoms with Crippen molar-refractivity contribution < 1.29 is 4.74 Å². The van der Waals surface area contributed by atoms with Crippen LogP contribution in [0.25, 0.3) is 22.3 Å². The van der Waals surface area contributed by atoms with Crippen LogP contribution in [-0.4, -0.2) is 22.1 Å². The highest BCUT2D eigenvalue weighted by molar-refractivity contribution is 5.81. The molecule has 0 atom stereocenters. The average Bonchev–Trinajstić information content (AvgIpc) is 2.52. The molecular formula is C16H13N3O3. The molecule has 0 saturated heterocycles. The van der Waals surface area contributed by atoms with Crippen molar-refractivity contribution in [3.63, 3.8) is 0 Å². The van der Waals surface area contributed by atoms with Crippen molar-refractivity contribution in [2.24, 2.45) is 0 Å². The quantitative estimate of drug-likeness (QED) is 0.710. The summed E-state index contributed by atoms with van der Waals surface area (Å²) in [4.78, 5) is 32.7. The summed E-state index contributed by atoms with van der Waals surface area (Å²) < 4.78 is 5.26. The smallest absolute Gasteiger partial charge is 0.327 e. The fourth-order valence-electron chi connectivity index (χ4n) is 2.96. The highest BCUT2D eigenvalue weighted by Crippen LogP contribution is 2.34. The minimum Gasteiger partial charge on any atom is -0.497 e. The maximum absolute atomic E-state index is 11.9. The lowest BCUT2D eigenvalue weighted by atomic mass is 9.88. The number of methoxy groups -OCH3 is 1. The van der Waals surface area contributed by atoms with Crippen LogP contribution < -0.4 is 16.0 Å². The minimum absolute atomic E-state index is 0.316. The molecule has 0 radical (unpaired) electrons. The largest absolute Gasteiger partial charge is 0.497 e. The minimum atomic E-state index is -0.546. The standard InChI is InChI=1S/C16H13N3O3/c1-22-10-4-5-11-8(6-10)2-3-9-7-12-14(17-13(9)11)18-16(21)19-15(12)20/h4-7H,2-3H2,1H3,(H2,17,18,19,20,21). The van der Waals surface area contributed by atoms with Crippen molar-refractivity contribution in [1.29, 1.82) is 0 Å². The second-order valence-corrected chi connectivity index (χ2v) is 5.32. The van der Waals surface area contributed by atoms with E-state index in [9.17, 15) is 9.59 Å². The Labute approximate surface area is 124 Å². The number of rotatable bonds is 1. The lowest BCUT2D eigenvalue weighted by Gasteiger charge is -2.19.